The number of sulfonamides is 1. The monoisotopic (exact) mass is 538 g/mol. The number of hydrogen-bond donors (Lipinski definition) is 1. The third kappa shape index (κ3) is 5.71. The van der Waals surface area contributed by atoms with Crippen LogP contribution in [0, 0.1) is 20.8 Å². The Morgan fingerprint density at radius 1 is 0.973 bits per heavy atom. The fourth-order valence-corrected chi connectivity index (χ4v) is 4.89. The largest absolute Gasteiger partial charge is 0.480 e. The number of ether oxygens (including phenoxy) is 2. The van der Waals surface area contributed by atoms with Gasteiger partial charge in [-0.05, 0) is 62.2 Å². The molecule has 0 atom stereocenters. The van der Waals surface area contributed by atoms with E-state index < -0.39 is 15.9 Å². The van der Waals surface area contributed by atoms with Gasteiger partial charge in [0.15, 0.2) is 5.03 Å². The molecule has 37 heavy (non-hydrogen) atoms. The quantitative estimate of drug-likeness (QED) is 0.347. The summed E-state index contributed by atoms with van der Waals surface area (Å²) in [5.41, 5.74) is 3.55. The Morgan fingerprint density at radius 2 is 1.70 bits per heavy atom. The second kappa shape index (κ2) is 10.5. The molecule has 1 N–H and O–H groups in total. The van der Waals surface area contributed by atoms with Gasteiger partial charge < -0.3 is 9.47 Å². The summed E-state index contributed by atoms with van der Waals surface area (Å²) < 4.78 is 38.7. The van der Waals surface area contributed by atoms with Gasteiger partial charge in [0.25, 0.3) is 15.9 Å². The van der Waals surface area contributed by atoms with Crippen molar-refractivity contribution in [1.82, 2.24) is 19.7 Å². The summed E-state index contributed by atoms with van der Waals surface area (Å²) in [5, 5.41) is -0.0164. The minimum Gasteiger partial charge on any atom is -0.480 e. The summed E-state index contributed by atoms with van der Waals surface area (Å²) >= 11 is 6.23. The Kier molecular flexibility index (Phi) is 7.42. The lowest BCUT2D eigenvalue weighted by atomic mass is 10.1. The fourth-order valence-electron chi connectivity index (χ4n) is 3.73. The van der Waals surface area contributed by atoms with E-state index in [2.05, 4.69) is 15.0 Å². The van der Waals surface area contributed by atoms with Crippen molar-refractivity contribution < 1.29 is 22.7 Å². The van der Waals surface area contributed by atoms with E-state index >= 15 is 0 Å². The molecule has 1 amide bonds. The second-order valence-corrected chi connectivity index (χ2v) is 10.2. The molecule has 0 spiro atoms. The molecule has 0 unspecified atom stereocenters. The molecule has 0 bridgehead atoms. The SMILES string of the molecule is COc1ncc(-c2ccc(C(=O)NS(=O)(=O)c3ccccn3)c(Oc3c(C)cc(C)cc3C)n2)cc1Cl. The predicted molar refractivity (Wildman–Crippen MR) is 139 cm³/mol. The van der Waals surface area contributed by atoms with Crippen LogP contribution in [0.15, 0.2) is 66.0 Å². The van der Waals surface area contributed by atoms with E-state index in [0.717, 1.165) is 16.7 Å². The van der Waals surface area contributed by atoms with Crippen molar-refractivity contribution in [2.45, 2.75) is 25.8 Å². The van der Waals surface area contributed by atoms with E-state index in [1.54, 1.807) is 18.2 Å². The van der Waals surface area contributed by atoms with Crippen LogP contribution in [-0.4, -0.2) is 36.4 Å². The van der Waals surface area contributed by atoms with Crippen molar-refractivity contribution >= 4 is 27.5 Å². The van der Waals surface area contributed by atoms with E-state index in [-0.39, 0.29) is 27.4 Å². The van der Waals surface area contributed by atoms with Crippen LogP contribution in [0.2, 0.25) is 5.02 Å². The lowest BCUT2D eigenvalue weighted by Gasteiger charge is -2.16. The molecule has 0 fully saturated rings. The molecular weight excluding hydrogens is 516 g/mol. The van der Waals surface area contributed by atoms with Gasteiger partial charge in [-0.2, -0.15) is 8.42 Å². The highest BCUT2D eigenvalue weighted by atomic mass is 35.5. The molecule has 4 rings (SSSR count). The number of amides is 1. The zero-order valence-electron chi connectivity index (χ0n) is 20.4. The van der Waals surface area contributed by atoms with Crippen LogP contribution in [-0.2, 0) is 10.0 Å². The maximum atomic E-state index is 13.2. The van der Waals surface area contributed by atoms with Gasteiger partial charge in [0.2, 0.25) is 11.8 Å². The normalized spacial score (nSPS) is 11.2. The van der Waals surface area contributed by atoms with E-state index in [1.807, 2.05) is 37.6 Å². The van der Waals surface area contributed by atoms with E-state index in [1.165, 1.54) is 37.7 Å². The number of benzene rings is 1. The van der Waals surface area contributed by atoms with Crippen molar-refractivity contribution in [3.05, 3.63) is 88.2 Å². The summed E-state index contributed by atoms with van der Waals surface area (Å²) in [6.45, 7) is 5.71. The average Bonchev–Trinajstić information content (AvgIpc) is 2.86. The average molecular weight is 539 g/mol. The Morgan fingerprint density at radius 3 is 2.32 bits per heavy atom. The van der Waals surface area contributed by atoms with Crippen LogP contribution in [0.4, 0.5) is 0 Å². The minimum absolute atomic E-state index is 0.0878. The third-order valence-corrected chi connectivity index (χ3v) is 6.86. The molecule has 9 nitrogen and oxygen atoms in total. The first-order valence-electron chi connectivity index (χ1n) is 11.0. The smallest absolute Gasteiger partial charge is 0.281 e. The molecule has 4 aromatic rings. The van der Waals surface area contributed by atoms with Crippen molar-refractivity contribution in [1.29, 1.82) is 0 Å². The van der Waals surface area contributed by atoms with E-state index in [0.29, 0.717) is 17.0 Å². The third-order valence-electron chi connectivity index (χ3n) is 5.34. The number of nitrogens with zero attached hydrogens (tertiary/aromatic N) is 3. The topological polar surface area (TPSA) is 120 Å². The van der Waals surface area contributed by atoms with Crippen LogP contribution in [0.25, 0.3) is 11.3 Å². The summed E-state index contributed by atoms with van der Waals surface area (Å²) in [6, 6.07) is 12.8. The fraction of sp³-hybridized carbons (Fsp3) is 0.154. The molecule has 1 aromatic carbocycles. The highest BCUT2D eigenvalue weighted by molar-refractivity contribution is 7.90. The summed E-state index contributed by atoms with van der Waals surface area (Å²) in [6.07, 6.45) is 2.84. The Bertz CT molecular complexity index is 1570. The zero-order chi connectivity index (χ0) is 26.7. The van der Waals surface area contributed by atoms with Crippen LogP contribution in [0.5, 0.6) is 17.5 Å². The lowest BCUT2D eigenvalue weighted by molar-refractivity contribution is 0.0978. The number of rotatable bonds is 7. The van der Waals surface area contributed by atoms with E-state index in [4.69, 9.17) is 21.1 Å². The van der Waals surface area contributed by atoms with Gasteiger partial charge in [-0.3, -0.25) is 4.79 Å². The second-order valence-electron chi connectivity index (χ2n) is 8.20. The van der Waals surface area contributed by atoms with Crippen molar-refractivity contribution in [3.8, 4) is 28.8 Å². The molecule has 0 aliphatic carbocycles. The summed E-state index contributed by atoms with van der Waals surface area (Å²) in [7, 11) is -2.78. The van der Waals surface area contributed by atoms with Gasteiger partial charge >= 0.3 is 0 Å². The first-order valence-corrected chi connectivity index (χ1v) is 12.9. The van der Waals surface area contributed by atoms with Crippen LogP contribution in [0.3, 0.4) is 0 Å². The number of pyridine rings is 3. The number of aryl methyl sites for hydroxylation is 3. The molecule has 3 aromatic heterocycles. The Hall–Kier alpha value is -4.02. The van der Waals surface area contributed by atoms with Crippen molar-refractivity contribution in [3.63, 3.8) is 0 Å². The molecule has 0 radical (unpaired) electrons. The summed E-state index contributed by atoms with van der Waals surface area (Å²) in [5.74, 6) is -0.257. The molecule has 0 aliphatic rings. The van der Waals surface area contributed by atoms with Gasteiger partial charge in [0, 0.05) is 18.0 Å². The summed E-state index contributed by atoms with van der Waals surface area (Å²) in [4.78, 5) is 25.7. The van der Waals surface area contributed by atoms with Gasteiger partial charge in [-0.15, -0.1) is 0 Å². The molecule has 0 saturated heterocycles. The number of methoxy groups -OCH3 is 1. The highest BCUT2D eigenvalue weighted by Gasteiger charge is 2.24. The van der Waals surface area contributed by atoms with Gasteiger partial charge in [0.1, 0.15) is 16.3 Å². The number of carbonyl (C=O) groups is 1. The van der Waals surface area contributed by atoms with Crippen molar-refractivity contribution in [2.24, 2.45) is 0 Å². The molecule has 0 aliphatic heterocycles. The molecule has 190 valence electrons. The number of halogens is 1. The Labute approximate surface area is 219 Å². The first kappa shape index (κ1) is 26.1. The maximum absolute atomic E-state index is 13.2. The standard InChI is InChI=1S/C26H23ClN4O5S/c1-15-11-16(2)23(17(3)12-15)36-25-19(24(32)31-37(33,34)22-7-5-6-10-28-22)8-9-21(30-25)18-13-20(27)26(35-4)29-14-18/h5-14H,1-4H3,(H,31,32). The number of carbonyl (C=O) groups excluding carboxylic acids is 1. The van der Waals surface area contributed by atoms with Crippen LogP contribution >= 0.6 is 11.6 Å². The zero-order valence-corrected chi connectivity index (χ0v) is 22.0. The van der Waals surface area contributed by atoms with Crippen molar-refractivity contribution in [2.75, 3.05) is 7.11 Å². The highest BCUT2D eigenvalue weighted by Crippen LogP contribution is 2.33. The predicted octanol–water partition coefficient (Wildman–Crippen LogP) is 5.04. The van der Waals surface area contributed by atoms with Gasteiger partial charge in [-0.25, -0.2) is 19.7 Å². The molecule has 0 saturated carbocycles. The number of hydrogen-bond acceptors (Lipinski definition) is 8. The molecule has 11 heteroatoms. The number of aromatic nitrogens is 3. The molecular formula is C26H23ClN4O5S. The lowest BCUT2D eigenvalue weighted by Crippen LogP contribution is -2.31. The molecule has 3 heterocycles. The van der Waals surface area contributed by atoms with Crippen LogP contribution in [0.1, 0.15) is 27.0 Å². The Balaban J connectivity index is 1.79. The minimum atomic E-state index is -4.23. The van der Waals surface area contributed by atoms with E-state index in [9.17, 15) is 13.2 Å². The number of nitrogens with one attached hydrogen (secondary N) is 1. The first-order chi connectivity index (χ1) is 17.6. The maximum Gasteiger partial charge on any atom is 0.281 e. The van der Waals surface area contributed by atoms with Gasteiger partial charge in [0.05, 0.1) is 12.8 Å². The van der Waals surface area contributed by atoms with Crippen LogP contribution < -0.4 is 14.2 Å². The van der Waals surface area contributed by atoms with Gasteiger partial charge in [-0.1, -0.05) is 35.4 Å².